The maximum absolute atomic E-state index is 12.1. The Morgan fingerprint density at radius 1 is 1.45 bits per heavy atom. The van der Waals surface area contributed by atoms with E-state index in [1.165, 1.54) is 4.90 Å². The predicted molar refractivity (Wildman–Crippen MR) is 74.0 cm³/mol. The molecule has 1 fully saturated rings. The van der Waals surface area contributed by atoms with Crippen molar-refractivity contribution in [1.82, 2.24) is 10.2 Å². The summed E-state index contributed by atoms with van der Waals surface area (Å²) in [7, 11) is 0. The van der Waals surface area contributed by atoms with Gasteiger partial charge < -0.3 is 20.7 Å². The number of nitrogens with two attached hydrogens (primary N) is 1. The maximum Gasteiger partial charge on any atom is 0.261 e. The van der Waals surface area contributed by atoms with Crippen molar-refractivity contribution in [2.24, 2.45) is 5.73 Å². The van der Waals surface area contributed by atoms with Crippen molar-refractivity contribution in [3.63, 3.8) is 0 Å². The van der Waals surface area contributed by atoms with Crippen LogP contribution in [0.25, 0.3) is 0 Å². The molecule has 1 aliphatic rings. The summed E-state index contributed by atoms with van der Waals surface area (Å²) in [6.45, 7) is 3.11. The van der Waals surface area contributed by atoms with Crippen LogP contribution in [0.3, 0.4) is 0 Å². The van der Waals surface area contributed by atoms with E-state index in [1.54, 1.807) is 19.1 Å². The molecule has 1 saturated heterocycles. The summed E-state index contributed by atoms with van der Waals surface area (Å²) in [6.07, 6.45) is 0. The fourth-order valence-electron chi connectivity index (χ4n) is 2.07. The number of hydrogen-bond acceptors (Lipinski definition) is 4. The van der Waals surface area contributed by atoms with E-state index in [1.807, 2.05) is 12.1 Å². The molecule has 3 N–H and O–H groups in total. The zero-order chi connectivity index (χ0) is 14.5. The molecule has 2 amide bonds. The minimum atomic E-state index is -0.445. The zero-order valence-electron chi connectivity index (χ0n) is 11.5. The lowest BCUT2D eigenvalue weighted by atomic mass is 10.2. The molecule has 1 atom stereocenters. The molecule has 6 nitrogen and oxygen atoms in total. The van der Waals surface area contributed by atoms with E-state index < -0.39 is 6.04 Å². The van der Waals surface area contributed by atoms with Gasteiger partial charge in [0.15, 0.2) is 6.61 Å². The Kier molecular flexibility index (Phi) is 4.57. The summed E-state index contributed by atoms with van der Waals surface area (Å²) in [6, 6.07) is 6.83. The first-order chi connectivity index (χ1) is 9.61. The normalized spacial score (nSPS) is 18.6. The number of rotatable bonds is 4. The third kappa shape index (κ3) is 3.27. The lowest BCUT2D eigenvalue weighted by Crippen LogP contribution is -2.56. The molecular formula is C14H19N3O3. The topological polar surface area (TPSA) is 84.7 Å². The summed E-state index contributed by atoms with van der Waals surface area (Å²) < 4.78 is 5.44. The van der Waals surface area contributed by atoms with E-state index in [9.17, 15) is 9.59 Å². The van der Waals surface area contributed by atoms with Crippen LogP contribution in [0.5, 0.6) is 5.75 Å². The minimum absolute atomic E-state index is 0.0698. The Balaban J connectivity index is 1.89. The number of nitrogens with zero attached hydrogens (tertiary/aromatic N) is 1. The first-order valence-electron chi connectivity index (χ1n) is 6.61. The minimum Gasteiger partial charge on any atom is -0.484 e. The predicted octanol–water partition coefficient (Wildman–Crippen LogP) is -0.129. The summed E-state index contributed by atoms with van der Waals surface area (Å²) >= 11 is 0. The number of carbonyl (C=O) groups excluding carboxylic acids is 2. The van der Waals surface area contributed by atoms with E-state index in [-0.39, 0.29) is 18.4 Å². The zero-order valence-corrected chi connectivity index (χ0v) is 11.5. The molecule has 1 heterocycles. The summed E-state index contributed by atoms with van der Waals surface area (Å²) in [5, 5.41) is 2.72. The third-order valence-electron chi connectivity index (χ3n) is 3.34. The van der Waals surface area contributed by atoms with Gasteiger partial charge in [0.25, 0.3) is 5.91 Å². The molecule has 0 aliphatic carbocycles. The monoisotopic (exact) mass is 277 g/mol. The van der Waals surface area contributed by atoms with Crippen LogP contribution >= 0.6 is 0 Å². The van der Waals surface area contributed by atoms with E-state index in [2.05, 4.69) is 5.32 Å². The molecule has 0 radical (unpaired) electrons. The highest BCUT2D eigenvalue weighted by Gasteiger charge is 2.29. The average Bonchev–Trinajstić information content (AvgIpc) is 2.48. The molecule has 6 heteroatoms. The van der Waals surface area contributed by atoms with E-state index in [4.69, 9.17) is 10.5 Å². The Bertz CT molecular complexity index is 487. The van der Waals surface area contributed by atoms with Gasteiger partial charge in [-0.15, -0.1) is 0 Å². The third-order valence-corrected chi connectivity index (χ3v) is 3.34. The van der Waals surface area contributed by atoms with Gasteiger partial charge in [-0.1, -0.05) is 12.1 Å². The van der Waals surface area contributed by atoms with Crippen molar-refractivity contribution < 1.29 is 14.3 Å². The van der Waals surface area contributed by atoms with Crippen LogP contribution in [0, 0.1) is 0 Å². The van der Waals surface area contributed by atoms with Gasteiger partial charge in [-0.2, -0.15) is 0 Å². The van der Waals surface area contributed by atoms with Crippen molar-refractivity contribution >= 4 is 11.8 Å². The number of hydrogen-bond donors (Lipinski definition) is 2. The molecule has 20 heavy (non-hydrogen) atoms. The van der Waals surface area contributed by atoms with Crippen molar-refractivity contribution in [1.29, 1.82) is 0 Å². The number of amides is 2. The van der Waals surface area contributed by atoms with E-state index in [0.717, 1.165) is 5.56 Å². The van der Waals surface area contributed by atoms with Crippen LogP contribution in [-0.2, 0) is 16.1 Å². The van der Waals surface area contributed by atoms with Crippen LogP contribution < -0.4 is 15.8 Å². The molecule has 1 aliphatic heterocycles. The van der Waals surface area contributed by atoms with Gasteiger partial charge in [-0.25, -0.2) is 0 Å². The molecule has 0 bridgehead atoms. The Morgan fingerprint density at radius 2 is 2.15 bits per heavy atom. The first-order valence-corrected chi connectivity index (χ1v) is 6.61. The van der Waals surface area contributed by atoms with Crippen LogP contribution in [0.4, 0.5) is 0 Å². The van der Waals surface area contributed by atoms with Gasteiger partial charge in [-0.3, -0.25) is 9.59 Å². The Labute approximate surface area is 117 Å². The molecule has 1 unspecified atom stereocenters. The summed E-state index contributed by atoms with van der Waals surface area (Å²) in [5.41, 5.74) is 6.51. The van der Waals surface area contributed by atoms with Crippen LogP contribution in [0.15, 0.2) is 24.3 Å². The lowest BCUT2D eigenvalue weighted by Gasteiger charge is -2.32. The lowest BCUT2D eigenvalue weighted by molar-refractivity contribution is -0.143. The summed E-state index contributed by atoms with van der Waals surface area (Å²) in [4.78, 5) is 25.1. The van der Waals surface area contributed by atoms with Crippen molar-refractivity contribution in [3.8, 4) is 5.75 Å². The van der Waals surface area contributed by atoms with Gasteiger partial charge in [0.1, 0.15) is 11.8 Å². The molecule has 0 spiro atoms. The second-order valence-electron chi connectivity index (χ2n) is 4.69. The molecule has 1 aromatic rings. The van der Waals surface area contributed by atoms with Gasteiger partial charge in [0, 0.05) is 19.6 Å². The Morgan fingerprint density at radius 3 is 2.80 bits per heavy atom. The van der Waals surface area contributed by atoms with E-state index in [0.29, 0.717) is 25.4 Å². The van der Waals surface area contributed by atoms with E-state index >= 15 is 0 Å². The molecule has 108 valence electrons. The SMILES string of the molecule is CC1C(=O)NCCN1C(=O)COc1ccc(CN)cc1. The number of benzene rings is 1. The quantitative estimate of drug-likeness (QED) is 0.803. The fraction of sp³-hybridized carbons (Fsp3) is 0.429. The van der Waals surface area contributed by atoms with Crippen LogP contribution in [-0.4, -0.2) is 42.5 Å². The fourth-order valence-corrected chi connectivity index (χ4v) is 2.07. The molecule has 2 rings (SSSR count). The second-order valence-corrected chi connectivity index (χ2v) is 4.69. The molecule has 0 aromatic heterocycles. The maximum atomic E-state index is 12.1. The van der Waals surface area contributed by atoms with Crippen LogP contribution in [0.1, 0.15) is 12.5 Å². The highest BCUT2D eigenvalue weighted by Crippen LogP contribution is 2.12. The largest absolute Gasteiger partial charge is 0.484 e. The van der Waals surface area contributed by atoms with Gasteiger partial charge >= 0.3 is 0 Å². The highest BCUT2D eigenvalue weighted by atomic mass is 16.5. The molecule has 1 aromatic carbocycles. The van der Waals surface area contributed by atoms with Gasteiger partial charge in [-0.05, 0) is 24.6 Å². The number of nitrogens with one attached hydrogen (secondary N) is 1. The molecular weight excluding hydrogens is 258 g/mol. The number of ether oxygens (including phenoxy) is 1. The summed E-state index contributed by atoms with van der Waals surface area (Å²) in [5.74, 6) is 0.303. The van der Waals surface area contributed by atoms with Crippen molar-refractivity contribution in [3.05, 3.63) is 29.8 Å². The number of piperazine rings is 1. The van der Waals surface area contributed by atoms with Gasteiger partial charge in [0.2, 0.25) is 5.91 Å². The van der Waals surface area contributed by atoms with Crippen molar-refractivity contribution in [2.45, 2.75) is 19.5 Å². The van der Waals surface area contributed by atoms with Gasteiger partial charge in [0.05, 0.1) is 0 Å². The number of carbonyl (C=O) groups is 2. The second kappa shape index (κ2) is 6.38. The molecule has 0 saturated carbocycles. The highest BCUT2D eigenvalue weighted by molar-refractivity contribution is 5.89. The van der Waals surface area contributed by atoms with Crippen molar-refractivity contribution in [2.75, 3.05) is 19.7 Å². The first kappa shape index (κ1) is 14.3. The Hall–Kier alpha value is -2.08. The standard InChI is InChI=1S/C14H19N3O3/c1-10-14(19)16-6-7-17(10)13(18)9-20-12-4-2-11(8-15)3-5-12/h2-5,10H,6-9,15H2,1H3,(H,16,19). The smallest absolute Gasteiger partial charge is 0.261 e. The average molecular weight is 277 g/mol. The van der Waals surface area contributed by atoms with Crippen LogP contribution in [0.2, 0.25) is 0 Å².